The molecular weight excluding hydrogens is 182 g/mol. The van der Waals surface area contributed by atoms with Crippen LogP contribution in [0.4, 0.5) is 8.78 Å². The summed E-state index contributed by atoms with van der Waals surface area (Å²) in [5.41, 5.74) is 1.03. The quantitative estimate of drug-likeness (QED) is 0.582. The van der Waals surface area contributed by atoms with Crippen LogP contribution < -0.4 is 0 Å². The van der Waals surface area contributed by atoms with Gasteiger partial charge in [-0.25, -0.2) is 8.78 Å². The van der Waals surface area contributed by atoms with Crippen LogP contribution in [0.5, 0.6) is 0 Å². The van der Waals surface area contributed by atoms with Gasteiger partial charge in [0.2, 0.25) is 0 Å². The van der Waals surface area contributed by atoms with Gasteiger partial charge in [-0.2, -0.15) is 0 Å². The van der Waals surface area contributed by atoms with E-state index in [0.717, 1.165) is 5.56 Å². The van der Waals surface area contributed by atoms with Gasteiger partial charge in [0.25, 0.3) is 5.92 Å². The zero-order chi connectivity index (χ0) is 10.8. The van der Waals surface area contributed by atoms with E-state index in [1.807, 2.05) is 26.8 Å². The van der Waals surface area contributed by atoms with Crippen molar-refractivity contribution in [2.75, 3.05) is 0 Å². The second-order valence-corrected chi connectivity index (χ2v) is 3.40. The Bertz CT molecular complexity index is 305. The predicted octanol–water partition coefficient (Wildman–Crippen LogP) is 4.31. The first-order chi connectivity index (χ1) is 6.61. The summed E-state index contributed by atoms with van der Waals surface area (Å²) >= 11 is 0. The molecule has 0 saturated carbocycles. The molecule has 1 aromatic carbocycles. The van der Waals surface area contributed by atoms with E-state index in [0.29, 0.717) is 0 Å². The monoisotopic (exact) mass is 198 g/mol. The van der Waals surface area contributed by atoms with Crippen molar-refractivity contribution in [2.45, 2.75) is 39.0 Å². The van der Waals surface area contributed by atoms with Gasteiger partial charge in [0, 0.05) is 12.0 Å². The molecule has 2 heteroatoms. The van der Waals surface area contributed by atoms with Gasteiger partial charge >= 0.3 is 0 Å². The lowest BCUT2D eigenvalue weighted by Crippen LogP contribution is -2.07. The van der Waals surface area contributed by atoms with E-state index >= 15 is 0 Å². The molecule has 0 N–H and O–H groups in total. The number of alkyl halides is 2. The molecule has 0 aliphatic heterocycles. The Morgan fingerprint density at radius 3 is 2.36 bits per heavy atom. The van der Waals surface area contributed by atoms with Crippen LogP contribution in [0.15, 0.2) is 24.3 Å². The van der Waals surface area contributed by atoms with E-state index in [9.17, 15) is 8.78 Å². The van der Waals surface area contributed by atoms with Crippen LogP contribution in [0.3, 0.4) is 0 Å². The first kappa shape index (κ1) is 11.2. The van der Waals surface area contributed by atoms with Crippen molar-refractivity contribution < 1.29 is 8.78 Å². The molecule has 0 bridgehead atoms. The van der Waals surface area contributed by atoms with Gasteiger partial charge in [0.15, 0.2) is 0 Å². The highest BCUT2D eigenvalue weighted by molar-refractivity contribution is 5.38. The molecule has 0 heterocycles. The highest BCUT2D eigenvalue weighted by atomic mass is 19.3. The zero-order valence-electron chi connectivity index (χ0n) is 8.85. The SMILES string of the molecule is CC.CC1CC(F)(F)c2ccccc21. The molecule has 0 nitrogen and oxygen atoms in total. The summed E-state index contributed by atoms with van der Waals surface area (Å²) in [5.74, 6) is -2.60. The fourth-order valence-corrected chi connectivity index (χ4v) is 1.86. The summed E-state index contributed by atoms with van der Waals surface area (Å²) in [7, 11) is 0. The topological polar surface area (TPSA) is 0 Å². The number of fused-ring (bicyclic) bond motifs is 1. The molecule has 2 rings (SSSR count). The summed E-state index contributed by atoms with van der Waals surface area (Å²) < 4.78 is 26.4. The van der Waals surface area contributed by atoms with Crippen molar-refractivity contribution in [1.29, 1.82) is 0 Å². The zero-order valence-corrected chi connectivity index (χ0v) is 8.85. The lowest BCUT2D eigenvalue weighted by Gasteiger charge is -2.08. The van der Waals surface area contributed by atoms with Crippen molar-refractivity contribution >= 4 is 0 Å². The van der Waals surface area contributed by atoms with E-state index < -0.39 is 5.92 Å². The van der Waals surface area contributed by atoms with Crippen LogP contribution in [0.2, 0.25) is 0 Å². The molecule has 14 heavy (non-hydrogen) atoms. The Hall–Kier alpha value is -0.920. The second kappa shape index (κ2) is 4.07. The first-order valence-corrected chi connectivity index (χ1v) is 5.08. The Kier molecular flexibility index (Phi) is 3.25. The Morgan fingerprint density at radius 2 is 1.79 bits per heavy atom. The van der Waals surface area contributed by atoms with Gasteiger partial charge in [0.05, 0.1) is 0 Å². The van der Waals surface area contributed by atoms with Crippen molar-refractivity contribution in [1.82, 2.24) is 0 Å². The van der Waals surface area contributed by atoms with Gasteiger partial charge < -0.3 is 0 Å². The van der Waals surface area contributed by atoms with Crippen LogP contribution in [0, 0.1) is 0 Å². The summed E-state index contributed by atoms with van der Waals surface area (Å²) in [6.45, 7) is 5.85. The van der Waals surface area contributed by atoms with E-state index in [4.69, 9.17) is 0 Å². The predicted molar refractivity (Wildman–Crippen MR) is 54.7 cm³/mol. The van der Waals surface area contributed by atoms with Gasteiger partial charge in [-0.15, -0.1) is 0 Å². The molecule has 0 fully saturated rings. The van der Waals surface area contributed by atoms with Gasteiger partial charge in [0.1, 0.15) is 0 Å². The van der Waals surface area contributed by atoms with Crippen molar-refractivity contribution in [3.63, 3.8) is 0 Å². The highest BCUT2D eigenvalue weighted by Crippen LogP contribution is 2.47. The highest BCUT2D eigenvalue weighted by Gasteiger charge is 2.42. The maximum atomic E-state index is 13.2. The van der Waals surface area contributed by atoms with Gasteiger partial charge in [-0.3, -0.25) is 0 Å². The minimum Gasteiger partial charge on any atom is -0.201 e. The molecule has 0 radical (unpaired) electrons. The molecule has 1 atom stereocenters. The first-order valence-electron chi connectivity index (χ1n) is 5.08. The molecule has 1 unspecified atom stereocenters. The lowest BCUT2D eigenvalue weighted by atomic mass is 10.0. The number of benzene rings is 1. The molecular formula is C12H16F2. The maximum Gasteiger partial charge on any atom is 0.274 e. The third-order valence-corrected chi connectivity index (χ3v) is 2.45. The number of hydrogen-bond acceptors (Lipinski definition) is 0. The second-order valence-electron chi connectivity index (χ2n) is 3.40. The summed E-state index contributed by atoms with van der Waals surface area (Å²) in [4.78, 5) is 0. The molecule has 0 spiro atoms. The summed E-state index contributed by atoms with van der Waals surface area (Å²) in [6, 6.07) is 6.81. The molecule has 0 aromatic heterocycles. The van der Waals surface area contributed by atoms with Crippen molar-refractivity contribution in [3.8, 4) is 0 Å². The van der Waals surface area contributed by atoms with Crippen LogP contribution in [0.1, 0.15) is 44.2 Å². The average Bonchev–Trinajstić information content (AvgIpc) is 2.42. The Morgan fingerprint density at radius 1 is 1.21 bits per heavy atom. The fraction of sp³-hybridized carbons (Fsp3) is 0.500. The lowest BCUT2D eigenvalue weighted by molar-refractivity contribution is -0.00575. The van der Waals surface area contributed by atoms with Crippen LogP contribution in [0.25, 0.3) is 0 Å². The molecule has 1 aromatic rings. The number of halogens is 2. The molecule has 0 amide bonds. The number of rotatable bonds is 0. The van der Waals surface area contributed by atoms with E-state index in [2.05, 4.69) is 0 Å². The van der Waals surface area contributed by atoms with E-state index in [-0.39, 0.29) is 17.9 Å². The smallest absolute Gasteiger partial charge is 0.201 e. The van der Waals surface area contributed by atoms with Crippen LogP contribution in [-0.2, 0) is 5.92 Å². The Balaban J connectivity index is 0.000000461. The van der Waals surface area contributed by atoms with Gasteiger partial charge in [-0.1, -0.05) is 45.0 Å². The summed E-state index contributed by atoms with van der Waals surface area (Å²) in [5, 5.41) is 0. The Labute approximate surface area is 84.0 Å². The minimum absolute atomic E-state index is 0.00352. The summed E-state index contributed by atoms with van der Waals surface area (Å²) in [6.07, 6.45) is -0.0354. The molecule has 1 aliphatic rings. The van der Waals surface area contributed by atoms with E-state index in [1.165, 1.54) is 6.07 Å². The standard InChI is InChI=1S/C10H10F2.C2H6/c1-7-6-10(11,12)9-5-3-2-4-8(7)9;1-2/h2-5,7H,6H2,1H3;1-2H3. The van der Waals surface area contributed by atoms with Crippen LogP contribution in [-0.4, -0.2) is 0 Å². The van der Waals surface area contributed by atoms with Crippen molar-refractivity contribution in [3.05, 3.63) is 35.4 Å². The van der Waals surface area contributed by atoms with Crippen LogP contribution >= 0.6 is 0 Å². The molecule has 1 aliphatic carbocycles. The fourth-order valence-electron chi connectivity index (χ4n) is 1.86. The molecule has 78 valence electrons. The average molecular weight is 198 g/mol. The molecule has 0 saturated heterocycles. The minimum atomic E-state index is -2.60. The maximum absolute atomic E-state index is 13.2. The van der Waals surface area contributed by atoms with Crippen molar-refractivity contribution in [2.24, 2.45) is 0 Å². The third-order valence-electron chi connectivity index (χ3n) is 2.45. The van der Waals surface area contributed by atoms with Gasteiger partial charge in [-0.05, 0) is 11.5 Å². The normalized spacial score (nSPS) is 22.2. The number of hydrogen-bond donors (Lipinski definition) is 0. The third kappa shape index (κ3) is 1.79. The van der Waals surface area contributed by atoms with E-state index in [1.54, 1.807) is 12.1 Å². The largest absolute Gasteiger partial charge is 0.274 e.